The molecule has 0 fully saturated rings. The van der Waals surface area contributed by atoms with Gasteiger partial charge in [-0.1, -0.05) is 11.6 Å². The number of rotatable bonds is 8. The zero-order valence-electron chi connectivity index (χ0n) is 10.1. The van der Waals surface area contributed by atoms with Gasteiger partial charge in [-0.25, -0.2) is 4.79 Å². The van der Waals surface area contributed by atoms with Gasteiger partial charge in [0.15, 0.2) is 0 Å². The molecule has 0 aliphatic heterocycles. The normalized spacial score (nSPS) is 11.0. The summed E-state index contributed by atoms with van der Waals surface area (Å²) in [6.45, 7) is 5.76. The third-order valence-corrected chi connectivity index (χ3v) is 2.18. The van der Waals surface area contributed by atoms with Crippen molar-refractivity contribution in [2.45, 2.75) is 39.0 Å². The van der Waals surface area contributed by atoms with E-state index >= 15 is 0 Å². The molecule has 0 bridgehead atoms. The fourth-order valence-corrected chi connectivity index (χ4v) is 1.29. The number of carbonyl (C=O) groups excluding carboxylic acids is 2. The molecule has 0 aromatic rings. The summed E-state index contributed by atoms with van der Waals surface area (Å²) >= 11 is 0. The van der Waals surface area contributed by atoms with Gasteiger partial charge < -0.3 is 9.53 Å². The molecule has 0 spiro atoms. The fraction of sp³-hybridized carbons (Fsp3) is 0.538. The minimum atomic E-state index is -0.299. The molecule has 0 heterocycles. The van der Waals surface area contributed by atoms with E-state index in [1.807, 2.05) is 13.0 Å². The number of hydrogen-bond donors (Lipinski definition) is 0. The molecule has 0 unspecified atom stereocenters. The van der Waals surface area contributed by atoms with Crippen LogP contribution < -0.4 is 0 Å². The molecule has 0 rings (SSSR count). The van der Waals surface area contributed by atoms with E-state index in [0.717, 1.165) is 24.7 Å². The predicted octanol–water partition coefficient (Wildman–Crippen LogP) is 2.81. The highest BCUT2D eigenvalue weighted by Gasteiger charge is 2.08. The second kappa shape index (κ2) is 8.89. The summed E-state index contributed by atoms with van der Waals surface area (Å²) in [5, 5.41) is 0. The van der Waals surface area contributed by atoms with E-state index in [4.69, 9.17) is 0 Å². The second-order valence-electron chi connectivity index (χ2n) is 3.78. The lowest BCUT2D eigenvalue weighted by molar-refractivity contribution is -0.136. The van der Waals surface area contributed by atoms with Gasteiger partial charge in [0.25, 0.3) is 0 Å². The fourth-order valence-electron chi connectivity index (χ4n) is 1.29. The first-order valence-electron chi connectivity index (χ1n) is 5.47. The number of carbonyl (C=O) groups is 2. The van der Waals surface area contributed by atoms with E-state index in [2.05, 4.69) is 11.3 Å². The second-order valence-corrected chi connectivity index (χ2v) is 3.78. The number of allylic oxidation sites excluding steroid dienone is 2. The summed E-state index contributed by atoms with van der Waals surface area (Å²) in [5.74, 6) is -0.299. The summed E-state index contributed by atoms with van der Waals surface area (Å²) in [7, 11) is 1.37. The van der Waals surface area contributed by atoms with Crippen LogP contribution in [0.15, 0.2) is 23.8 Å². The number of aldehydes is 1. The number of unbranched alkanes of at least 4 members (excludes halogenated alkanes) is 1. The number of hydrogen-bond acceptors (Lipinski definition) is 3. The molecule has 0 saturated carbocycles. The molecule has 0 atom stereocenters. The van der Waals surface area contributed by atoms with Crippen LogP contribution in [0.1, 0.15) is 39.0 Å². The molecule has 90 valence electrons. The largest absolute Gasteiger partial charge is 0.466 e. The molecule has 3 nitrogen and oxygen atoms in total. The Morgan fingerprint density at radius 3 is 2.50 bits per heavy atom. The minimum absolute atomic E-state index is 0.299. The van der Waals surface area contributed by atoms with Gasteiger partial charge in [-0.3, -0.25) is 0 Å². The Bertz CT molecular complexity index is 277. The first kappa shape index (κ1) is 14.6. The van der Waals surface area contributed by atoms with Crippen LogP contribution in [-0.4, -0.2) is 19.4 Å². The van der Waals surface area contributed by atoms with E-state index in [1.165, 1.54) is 7.11 Å². The van der Waals surface area contributed by atoms with Crippen molar-refractivity contribution in [2.75, 3.05) is 7.11 Å². The maximum Gasteiger partial charge on any atom is 0.333 e. The van der Waals surface area contributed by atoms with E-state index in [1.54, 1.807) is 0 Å². The standard InChI is InChI=1S/C13H20O3/c1-11(2)7-6-9-12(13(15)16-3)8-4-5-10-14/h9-10H,1,4-8H2,2-3H3/b12-9-. The van der Waals surface area contributed by atoms with E-state index < -0.39 is 0 Å². The highest BCUT2D eigenvalue weighted by atomic mass is 16.5. The predicted molar refractivity (Wildman–Crippen MR) is 64.1 cm³/mol. The van der Waals surface area contributed by atoms with Gasteiger partial charge in [-0.2, -0.15) is 0 Å². The van der Waals surface area contributed by atoms with Crippen molar-refractivity contribution < 1.29 is 14.3 Å². The summed E-state index contributed by atoms with van der Waals surface area (Å²) in [4.78, 5) is 21.6. The summed E-state index contributed by atoms with van der Waals surface area (Å²) < 4.78 is 4.68. The lowest BCUT2D eigenvalue weighted by Gasteiger charge is -2.04. The van der Waals surface area contributed by atoms with Gasteiger partial charge in [0.1, 0.15) is 6.29 Å². The van der Waals surface area contributed by atoms with Gasteiger partial charge in [0, 0.05) is 12.0 Å². The molecular weight excluding hydrogens is 204 g/mol. The van der Waals surface area contributed by atoms with Gasteiger partial charge in [-0.05, 0) is 32.6 Å². The topological polar surface area (TPSA) is 43.4 Å². The Labute approximate surface area is 97.2 Å². The minimum Gasteiger partial charge on any atom is -0.466 e. The highest BCUT2D eigenvalue weighted by Crippen LogP contribution is 2.12. The van der Waals surface area contributed by atoms with Crippen molar-refractivity contribution >= 4 is 12.3 Å². The third-order valence-electron chi connectivity index (χ3n) is 2.18. The van der Waals surface area contributed by atoms with Crippen molar-refractivity contribution in [3.63, 3.8) is 0 Å². The summed E-state index contributed by atoms with van der Waals surface area (Å²) in [6, 6.07) is 0. The van der Waals surface area contributed by atoms with Crippen molar-refractivity contribution in [2.24, 2.45) is 0 Å². The lowest BCUT2D eigenvalue weighted by Crippen LogP contribution is -2.05. The van der Waals surface area contributed by atoms with Gasteiger partial charge in [0.05, 0.1) is 7.11 Å². The molecule has 3 heteroatoms. The first-order chi connectivity index (χ1) is 7.61. The molecule has 0 radical (unpaired) electrons. The molecule has 0 saturated heterocycles. The van der Waals surface area contributed by atoms with Crippen LogP contribution >= 0.6 is 0 Å². The average Bonchev–Trinajstić information content (AvgIpc) is 2.26. The third kappa shape index (κ3) is 6.98. The number of methoxy groups -OCH3 is 1. The summed E-state index contributed by atoms with van der Waals surface area (Å²) in [6.07, 6.45) is 6.18. The summed E-state index contributed by atoms with van der Waals surface area (Å²) in [5.41, 5.74) is 1.75. The molecule has 0 aliphatic rings. The van der Waals surface area contributed by atoms with Crippen molar-refractivity contribution in [3.05, 3.63) is 23.8 Å². The van der Waals surface area contributed by atoms with E-state index in [0.29, 0.717) is 24.8 Å². The monoisotopic (exact) mass is 224 g/mol. The Morgan fingerprint density at radius 1 is 1.31 bits per heavy atom. The Kier molecular flexibility index (Phi) is 8.12. The van der Waals surface area contributed by atoms with Crippen molar-refractivity contribution in [3.8, 4) is 0 Å². The quantitative estimate of drug-likeness (QED) is 0.209. The number of esters is 1. The Balaban J connectivity index is 4.23. The molecule has 0 N–H and O–H groups in total. The Morgan fingerprint density at radius 2 is 2.00 bits per heavy atom. The SMILES string of the molecule is C=C(C)CC/C=C(/CCCC=O)C(=O)OC. The van der Waals surface area contributed by atoms with Crippen LogP contribution in [0.3, 0.4) is 0 Å². The zero-order valence-corrected chi connectivity index (χ0v) is 10.1. The van der Waals surface area contributed by atoms with Crippen molar-refractivity contribution in [1.29, 1.82) is 0 Å². The van der Waals surface area contributed by atoms with Crippen LogP contribution in [0, 0.1) is 0 Å². The van der Waals surface area contributed by atoms with Crippen LogP contribution in [0.5, 0.6) is 0 Å². The van der Waals surface area contributed by atoms with Crippen molar-refractivity contribution in [1.82, 2.24) is 0 Å². The van der Waals surface area contributed by atoms with Gasteiger partial charge in [-0.15, -0.1) is 6.58 Å². The molecule has 0 aliphatic carbocycles. The maximum atomic E-state index is 11.4. The van der Waals surface area contributed by atoms with Crippen LogP contribution in [0.4, 0.5) is 0 Å². The maximum absolute atomic E-state index is 11.4. The van der Waals surface area contributed by atoms with Crippen LogP contribution in [0.25, 0.3) is 0 Å². The number of ether oxygens (including phenoxy) is 1. The highest BCUT2D eigenvalue weighted by molar-refractivity contribution is 5.88. The molecule has 0 amide bonds. The van der Waals surface area contributed by atoms with Crippen LogP contribution in [-0.2, 0) is 14.3 Å². The molecule has 16 heavy (non-hydrogen) atoms. The zero-order chi connectivity index (χ0) is 12.4. The molecule has 0 aromatic heterocycles. The van der Waals surface area contributed by atoms with Crippen LogP contribution in [0.2, 0.25) is 0 Å². The van der Waals surface area contributed by atoms with Gasteiger partial charge in [0.2, 0.25) is 0 Å². The molecule has 0 aromatic carbocycles. The smallest absolute Gasteiger partial charge is 0.333 e. The van der Waals surface area contributed by atoms with E-state index in [-0.39, 0.29) is 5.97 Å². The average molecular weight is 224 g/mol. The van der Waals surface area contributed by atoms with Gasteiger partial charge >= 0.3 is 5.97 Å². The molecular formula is C13H20O3. The Hall–Kier alpha value is -1.38. The van der Waals surface area contributed by atoms with E-state index in [9.17, 15) is 9.59 Å². The lowest BCUT2D eigenvalue weighted by atomic mass is 10.1. The first-order valence-corrected chi connectivity index (χ1v) is 5.47.